The highest BCUT2D eigenvalue weighted by atomic mass is 15.1. The van der Waals surface area contributed by atoms with Crippen molar-refractivity contribution in [3.8, 4) is 0 Å². The van der Waals surface area contributed by atoms with Crippen LogP contribution in [0.5, 0.6) is 0 Å². The lowest BCUT2D eigenvalue weighted by Crippen LogP contribution is -2.35. The first-order valence-electron chi connectivity index (χ1n) is 6.07. The normalized spacial score (nSPS) is 12.1. The van der Waals surface area contributed by atoms with Gasteiger partial charge in [-0.3, -0.25) is 0 Å². The minimum Gasteiger partial charge on any atom is -0.378 e. The summed E-state index contributed by atoms with van der Waals surface area (Å²) < 4.78 is 0. The maximum Gasteiger partial charge on any atom is 0.0361 e. The molecule has 1 rings (SSSR count). The molecule has 0 heterocycles. The Bertz CT molecular complexity index is 356. The monoisotopic (exact) mass is 232 g/mol. The molecule has 0 saturated carbocycles. The van der Waals surface area contributed by atoms with Gasteiger partial charge in [-0.2, -0.15) is 0 Å². The highest BCUT2D eigenvalue weighted by molar-refractivity contribution is 5.55. The molecule has 0 bridgehead atoms. The Morgan fingerprint density at radius 3 is 2.18 bits per heavy atom. The standard InChI is InChI=1S/C15H24N2/c1-15(2,3)16-12-6-7-13-8-10-14(11-9-13)17(4)5/h6-11,16H,12H2,1-5H3. The van der Waals surface area contributed by atoms with E-state index in [2.05, 4.69) is 81.5 Å². The molecule has 2 nitrogen and oxygen atoms in total. The fourth-order valence-corrected chi connectivity index (χ4v) is 1.44. The van der Waals surface area contributed by atoms with Crippen LogP contribution in [0.3, 0.4) is 0 Å². The first kappa shape index (κ1) is 13.8. The molecular weight excluding hydrogens is 208 g/mol. The topological polar surface area (TPSA) is 15.3 Å². The molecule has 0 spiro atoms. The van der Waals surface area contributed by atoms with Crippen molar-refractivity contribution in [3.05, 3.63) is 35.9 Å². The molecule has 0 aliphatic heterocycles. The van der Waals surface area contributed by atoms with Gasteiger partial charge in [0.25, 0.3) is 0 Å². The Kier molecular flexibility index (Phi) is 4.76. The second-order valence-corrected chi connectivity index (χ2v) is 5.52. The van der Waals surface area contributed by atoms with Crippen LogP contribution in [-0.4, -0.2) is 26.2 Å². The number of benzene rings is 1. The quantitative estimate of drug-likeness (QED) is 0.858. The van der Waals surface area contributed by atoms with E-state index in [1.165, 1.54) is 11.3 Å². The molecule has 1 N–H and O–H groups in total. The zero-order valence-corrected chi connectivity index (χ0v) is 11.6. The molecule has 2 heteroatoms. The molecule has 94 valence electrons. The number of hydrogen-bond acceptors (Lipinski definition) is 2. The van der Waals surface area contributed by atoms with E-state index in [9.17, 15) is 0 Å². The number of hydrogen-bond donors (Lipinski definition) is 1. The van der Waals surface area contributed by atoms with E-state index in [4.69, 9.17) is 0 Å². The Balaban J connectivity index is 2.49. The Morgan fingerprint density at radius 1 is 1.12 bits per heavy atom. The van der Waals surface area contributed by atoms with Crippen LogP contribution in [0, 0.1) is 0 Å². The minimum atomic E-state index is 0.180. The lowest BCUT2D eigenvalue weighted by molar-refractivity contribution is 0.450. The van der Waals surface area contributed by atoms with Crippen LogP contribution in [0.1, 0.15) is 26.3 Å². The van der Waals surface area contributed by atoms with Crippen molar-refractivity contribution >= 4 is 11.8 Å². The SMILES string of the molecule is CN(C)c1ccc(C=CCNC(C)(C)C)cc1. The Hall–Kier alpha value is -1.28. The maximum atomic E-state index is 3.43. The smallest absolute Gasteiger partial charge is 0.0361 e. The number of nitrogens with zero attached hydrogens (tertiary/aromatic N) is 1. The summed E-state index contributed by atoms with van der Waals surface area (Å²) in [6, 6.07) is 8.56. The van der Waals surface area contributed by atoms with Gasteiger partial charge in [0.1, 0.15) is 0 Å². The van der Waals surface area contributed by atoms with Gasteiger partial charge in [0.05, 0.1) is 0 Å². The molecule has 0 aliphatic carbocycles. The Labute approximate surface area is 105 Å². The summed E-state index contributed by atoms with van der Waals surface area (Å²) >= 11 is 0. The van der Waals surface area contributed by atoms with Gasteiger partial charge in [-0.05, 0) is 38.5 Å². The summed E-state index contributed by atoms with van der Waals surface area (Å²) in [5, 5.41) is 3.43. The summed E-state index contributed by atoms with van der Waals surface area (Å²) in [5.74, 6) is 0. The van der Waals surface area contributed by atoms with Gasteiger partial charge >= 0.3 is 0 Å². The molecule has 0 radical (unpaired) electrons. The van der Waals surface area contributed by atoms with Crippen molar-refractivity contribution in [2.75, 3.05) is 25.5 Å². The average molecular weight is 232 g/mol. The van der Waals surface area contributed by atoms with Crippen LogP contribution >= 0.6 is 0 Å². The highest BCUT2D eigenvalue weighted by Crippen LogP contribution is 2.13. The number of anilines is 1. The molecule has 0 aliphatic rings. The van der Waals surface area contributed by atoms with Crippen molar-refractivity contribution in [1.29, 1.82) is 0 Å². The number of rotatable bonds is 4. The van der Waals surface area contributed by atoms with Crippen LogP contribution < -0.4 is 10.2 Å². The van der Waals surface area contributed by atoms with Gasteiger partial charge in [0.15, 0.2) is 0 Å². The van der Waals surface area contributed by atoms with E-state index in [0.29, 0.717) is 0 Å². The molecule has 1 aromatic rings. The van der Waals surface area contributed by atoms with Crippen LogP contribution in [0.4, 0.5) is 5.69 Å². The summed E-state index contributed by atoms with van der Waals surface area (Å²) in [5.41, 5.74) is 2.65. The molecule has 0 fully saturated rings. The van der Waals surface area contributed by atoms with Gasteiger partial charge in [-0.1, -0.05) is 24.3 Å². The average Bonchev–Trinajstić information content (AvgIpc) is 2.24. The fourth-order valence-electron chi connectivity index (χ4n) is 1.44. The van der Waals surface area contributed by atoms with Crippen molar-refractivity contribution in [3.63, 3.8) is 0 Å². The van der Waals surface area contributed by atoms with E-state index in [1.807, 2.05) is 0 Å². The third-order valence-corrected chi connectivity index (χ3v) is 2.47. The largest absolute Gasteiger partial charge is 0.378 e. The predicted octanol–water partition coefficient (Wildman–Crippen LogP) is 3.15. The molecule has 0 atom stereocenters. The summed E-state index contributed by atoms with van der Waals surface area (Å²) in [6.45, 7) is 7.42. The minimum absolute atomic E-state index is 0.180. The van der Waals surface area contributed by atoms with Crippen LogP contribution in [0.25, 0.3) is 6.08 Å². The molecule has 0 saturated heterocycles. The highest BCUT2D eigenvalue weighted by Gasteiger charge is 2.05. The third kappa shape index (κ3) is 5.55. The maximum absolute atomic E-state index is 3.43. The summed E-state index contributed by atoms with van der Waals surface area (Å²) in [6.07, 6.45) is 4.31. The number of nitrogens with one attached hydrogen (secondary N) is 1. The Morgan fingerprint density at radius 2 is 1.71 bits per heavy atom. The predicted molar refractivity (Wildman–Crippen MR) is 77.6 cm³/mol. The lowest BCUT2D eigenvalue weighted by Gasteiger charge is -2.18. The summed E-state index contributed by atoms with van der Waals surface area (Å²) in [4.78, 5) is 2.11. The second-order valence-electron chi connectivity index (χ2n) is 5.52. The molecule has 0 amide bonds. The second kappa shape index (κ2) is 5.87. The van der Waals surface area contributed by atoms with E-state index < -0.39 is 0 Å². The summed E-state index contributed by atoms with van der Waals surface area (Å²) in [7, 11) is 4.11. The zero-order valence-electron chi connectivity index (χ0n) is 11.6. The van der Waals surface area contributed by atoms with Crippen LogP contribution in [0.2, 0.25) is 0 Å². The van der Waals surface area contributed by atoms with Gasteiger partial charge < -0.3 is 10.2 Å². The van der Waals surface area contributed by atoms with Gasteiger partial charge in [0, 0.05) is 31.9 Å². The first-order chi connectivity index (χ1) is 7.88. The van der Waals surface area contributed by atoms with Gasteiger partial charge in [-0.25, -0.2) is 0 Å². The van der Waals surface area contributed by atoms with Crippen molar-refractivity contribution in [2.24, 2.45) is 0 Å². The lowest BCUT2D eigenvalue weighted by atomic mass is 10.1. The zero-order chi connectivity index (χ0) is 12.9. The first-order valence-corrected chi connectivity index (χ1v) is 6.07. The van der Waals surface area contributed by atoms with E-state index in [-0.39, 0.29) is 5.54 Å². The van der Waals surface area contributed by atoms with E-state index in [1.54, 1.807) is 0 Å². The van der Waals surface area contributed by atoms with Crippen LogP contribution in [0.15, 0.2) is 30.3 Å². The molecular formula is C15H24N2. The van der Waals surface area contributed by atoms with Gasteiger partial charge in [-0.15, -0.1) is 0 Å². The third-order valence-electron chi connectivity index (χ3n) is 2.47. The molecule has 1 aromatic carbocycles. The van der Waals surface area contributed by atoms with E-state index >= 15 is 0 Å². The van der Waals surface area contributed by atoms with Gasteiger partial charge in [0.2, 0.25) is 0 Å². The molecule has 0 unspecified atom stereocenters. The van der Waals surface area contributed by atoms with E-state index in [0.717, 1.165) is 6.54 Å². The van der Waals surface area contributed by atoms with Crippen LogP contribution in [-0.2, 0) is 0 Å². The van der Waals surface area contributed by atoms with Crippen molar-refractivity contribution in [2.45, 2.75) is 26.3 Å². The molecule has 0 aromatic heterocycles. The van der Waals surface area contributed by atoms with Crippen molar-refractivity contribution in [1.82, 2.24) is 5.32 Å². The van der Waals surface area contributed by atoms with Crippen molar-refractivity contribution < 1.29 is 0 Å². The fraction of sp³-hybridized carbons (Fsp3) is 0.467. The molecule has 17 heavy (non-hydrogen) atoms.